The molecule has 1 aromatic rings. The fourth-order valence-corrected chi connectivity index (χ4v) is 3.78. The van der Waals surface area contributed by atoms with E-state index >= 15 is 0 Å². The molecule has 0 saturated heterocycles. The number of allylic oxidation sites excluding steroid dienone is 3. The molecule has 0 fully saturated rings. The van der Waals surface area contributed by atoms with E-state index in [1.54, 1.807) is 13.0 Å². The second-order valence-corrected chi connectivity index (χ2v) is 10.5. The maximum Gasteiger partial charge on any atom is 0.175 e. The first kappa shape index (κ1) is 42.8. The first-order chi connectivity index (χ1) is 19.5. The van der Waals surface area contributed by atoms with E-state index in [0.717, 1.165) is 48.4 Å². The molecule has 0 spiro atoms. The third kappa shape index (κ3) is 23.7. The molecule has 5 heteroatoms. The molecule has 5 nitrogen and oxygen atoms in total. The molecule has 1 aliphatic heterocycles. The van der Waals surface area contributed by atoms with Gasteiger partial charge in [-0.1, -0.05) is 107 Å². The summed E-state index contributed by atoms with van der Waals surface area (Å²) in [4.78, 5) is 15.9. The number of hydrogen-bond donors (Lipinski definition) is 1. The molecule has 1 atom stereocenters. The summed E-state index contributed by atoms with van der Waals surface area (Å²) in [7, 11) is 0. The number of aromatic nitrogens is 1. The van der Waals surface area contributed by atoms with Gasteiger partial charge in [-0.15, -0.1) is 0 Å². The topological polar surface area (TPSA) is 60.8 Å². The van der Waals surface area contributed by atoms with Gasteiger partial charge in [0, 0.05) is 44.0 Å². The van der Waals surface area contributed by atoms with E-state index in [4.69, 9.17) is 0 Å². The van der Waals surface area contributed by atoms with Gasteiger partial charge in [-0.3, -0.25) is 4.79 Å². The third-order valence-corrected chi connectivity index (χ3v) is 6.57. The normalized spacial score (nSPS) is 12.2. The predicted molar refractivity (Wildman–Crippen MR) is 186 cm³/mol. The van der Waals surface area contributed by atoms with Crippen LogP contribution in [0, 0.1) is 18.8 Å². The number of nitrogens with zero attached hydrogens (tertiary/aromatic N) is 3. The highest BCUT2D eigenvalue weighted by atomic mass is 16.1. The van der Waals surface area contributed by atoms with Crippen LogP contribution in [0.2, 0.25) is 0 Å². The number of nitrogens with one attached hydrogen (secondary N) is 1. The van der Waals surface area contributed by atoms with Gasteiger partial charge in [-0.2, -0.15) is 10.2 Å². The van der Waals surface area contributed by atoms with Crippen molar-refractivity contribution in [2.45, 2.75) is 128 Å². The molecule has 0 bridgehead atoms. The lowest BCUT2D eigenvalue weighted by Crippen LogP contribution is -2.27. The van der Waals surface area contributed by atoms with Crippen molar-refractivity contribution in [2.24, 2.45) is 22.0 Å². The van der Waals surface area contributed by atoms with E-state index in [2.05, 4.69) is 74.8 Å². The van der Waals surface area contributed by atoms with Crippen LogP contribution in [0.5, 0.6) is 0 Å². The largest absolute Gasteiger partial charge is 0.372 e. The second-order valence-electron chi connectivity index (χ2n) is 10.5. The van der Waals surface area contributed by atoms with Crippen LogP contribution in [0.1, 0.15) is 137 Å². The van der Waals surface area contributed by atoms with E-state index in [0.29, 0.717) is 5.69 Å². The van der Waals surface area contributed by atoms with Gasteiger partial charge < -0.3 is 9.88 Å². The quantitative estimate of drug-likeness (QED) is 0.189. The fraction of sp³-hybridized carbons (Fsp3) is 0.639. The molecule has 0 aliphatic carbocycles. The Labute approximate surface area is 255 Å². The maximum absolute atomic E-state index is 10.6. The van der Waals surface area contributed by atoms with Gasteiger partial charge in [0.15, 0.2) is 5.78 Å². The number of hydrogen-bond acceptors (Lipinski definition) is 4. The fourth-order valence-electron chi connectivity index (χ4n) is 3.78. The van der Waals surface area contributed by atoms with E-state index in [-0.39, 0.29) is 5.78 Å². The van der Waals surface area contributed by atoms with Gasteiger partial charge in [-0.25, -0.2) is 0 Å². The Morgan fingerprint density at radius 3 is 1.95 bits per heavy atom. The summed E-state index contributed by atoms with van der Waals surface area (Å²) in [6, 6.07) is 3.68. The molecule has 0 amide bonds. The minimum absolute atomic E-state index is 0.0862. The smallest absolute Gasteiger partial charge is 0.175 e. The number of H-pyrrole nitrogens is 1. The summed E-state index contributed by atoms with van der Waals surface area (Å²) in [5.74, 6) is 1.79. The molecule has 41 heavy (non-hydrogen) atoms. The van der Waals surface area contributed by atoms with Gasteiger partial charge in [-0.05, 0) is 62.8 Å². The van der Waals surface area contributed by atoms with Crippen molar-refractivity contribution in [2.75, 3.05) is 13.1 Å². The zero-order valence-electron chi connectivity index (χ0n) is 29.1. The van der Waals surface area contributed by atoms with Crippen LogP contribution < -0.4 is 0 Å². The first-order valence-electron chi connectivity index (χ1n) is 15.9. The molecule has 0 radical (unpaired) electrons. The Hall–Kier alpha value is -2.69. The number of carbonyl (C=O) groups is 1. The molecule has 1 unspecified atom stereocenters. The summed E-state index contributed by atoms with van der Waals surface area (Å²) in [5, 5.41) is 7.68. The Kier molecular flexibility index (Phi) is 30.1. The van der Waals surface area contributed by atoms with Crippen LogP contribution in [-0.4, -0.2) is 40.7 Å². The summed E-state index contributed by atoms with van der Waals surface area (Å²) in [6.07, 6.45) is 14.5. The van der Waals surface area contributed by atoms with Gasteiger partial charge in [0.2, 0.25) is 0 Å². The van der Waals surface area contributed by atoms with Crippen LogP contribution in [0.4, 0.5) is 0 Å². The van der Waals surface area contributed by atoms with Gasteiger partial charge >= 0.3 is 0 Å². The molecule has 2 rings (SSSR count). The van der Waals surface area contributed by atoms with Gasteiger partial charge in [0.05, 0.1) is 11.4 Å². The lowest BCUT2D eigenvalue weighted by atomic mass is 10.0. The molecular weight excluding hydrogens is 504 g/mol. The molecule has 236 valence electrons. The van der Waals surface area contributed by atoms with Crippen LogP contribution in [-0.2, 0) is 0 Å². The molecule has 0 aromatic carbocycles. The Bertz CT molecular complexity index is 885. The lowest BCUT2D eigenvalue weighted by Gasteiger charge is -2.27. The number of ketones is 1. The molecule has 2 heterocycles. The van der Waals surface area contributed by atoms with Crippen molar-refractivity contribution in [1.82, 2.24) is 9.88 Å². The SMILES string of the molecule is C/C=C(\C)C1=NN=CC1.C=CC(=C)N(CCC)CC(C)CC.CC.CC(=O)c1ccc(C)[nH]1.CCCC(C)CCC. The van der Waals surface area contributed by atoms with E-state index in [1.165, 1.54) is 44.1 Å². The molecule has 0 saturated carbocycles. The van der Waals surface area contributed by atoms with E-state index < -0.39 is 0 Å². The molecular formula is C36H66N4O. The lowest BCUT2D eigenvalue weighted by molar-refractivity contribution is 0.101. The molecule has 1 aliphatic rings. The highest BCUT2D eigenvalue weighted by Crippen LogP contribution is 2.11. The molecule has 1 N–H and O–H groups in total. The predicted octanol–water partition coefficient (Wildman–Crippen LogP) is 11.0. The Morgan fingerprint density at radius 2 is 1.63 bits per heavy atom. The average molecular weight is 571 g/mol. The second kappa shape index (κ2) is 28.8. The number of carbonyl (C=O) groups excluding carboxylic acids is 1. The van der Waals surface area contributed by atoms with Crippen molar-refractivity contribution in [3.8, 4) is 0 Å². The van der Waals surface area contributed by atoms with Crippen LogP contribution in [0.3, 0.4) is 0 Å². The maximum atomic E-state index is 10.6. The van der Waals surface area contributed by atoms with Gasteiger partial charge in [0.1, 0.15) is 0 Å². The minimum Gasteiger partial charge on any atom is -0.372 e. The number of Topliss-reactive ketones (excluding diaryl/α,β-unsaturated/α-hetero) is 1. The summed E-state index contributed by atoms with van der Waals surface area (Å²) in [6.45, 7) is 35.0. The minimum atomic E-state index is 0.0862. The summed E-state index contributed by atoms with van der Waals surface area (Å²) >= 11 is 0. The monoisotopic (exact) mass is 571 g/mol. The highest BCUT2D eigenvalue weighted by Gasteiger charge is 2.07. The zero-order chi connectivity index (χ0) is 32.2. The van der Waals surface area contributed by atoms with Crippen LogP contribution in [0.25, 0.3) is 0 Å². The average Bonchev–Trinajstić information content (AvgIpc) is 3.67. The van der Waals surface area contributed by atoms with Crippen molar-refractivity contribution < 1.29 is 4.79 Å². The standard InChI is InChI=1S/C12H23N.C8H18.C7H10N2.C7H9NO.C2H6/c1-6-9-13(12(5)8-3)10-11(4)7-2;1-4-6-8(3)7-5-2;1-3-6(2)7-4-5-8-9-7;1-5-3-4-7(8-5)6(2)9;1-2/h8,11H,3,5-7,9-10H2,1-2,4H3;8H,4-7H2,1-3H3;3,5H,4H2,1-2H3;3-4,8H,1-2H3;1-2H3/b;;6-3+;;. The molecule has 1 aromatic heterocycles. The Balaban J connectivity index is -0.000000467. The van der Waals surface area contributed by atoms with Crippen LogP contribution in [0.15, 0.2) is 58.9 Å². The summed E-state index contributed by atoms with van der Waals surface area (Å²) < 4.78 is 0. The summed E-state index contributed by atoms with van der Waals surface area (Å²) in [5.41, 5.74) is 5.10. The zero-order valence-corrected chi connectivity index (χ0v) is 29.1. The number of rotatable bonds is 13. The van der Waals surface area contributed by atoms with E-state index in [9.17, 15) is 4.79 Å². The van der Waals surface area contributed by atoms with Crippen LogP contribution >= 0.6 is 0 Å². The highest BCUT2D eigenvalue weighted by molar-refractivity contribution is 6.08. The number of aromatic amines is 1. The van der Waals surface area contributed by atoms with Gasteiger partial charge in [0.25, 0.3) is 0 Å². The van der Waals surface area contributed by atoms with Crippen molar-refractivity contribution >= 4 is 17.7 Å². The van der Waals surface area contributed by atoms with Crippen molar-refractivity contribution in [3.05, 3.63) is 60.1 Å². The van der Waals surface area contributed by atoms with Crippen molar-refractivity contribution in [1.29, 1.82) is 0 Å². The first-order valence-corrected chi connectivity index (χ1v) is 15.9. The van der Waals surface area contributed by atoms with E-state index in [1.807, 2.05) is 59.1 Å². The Morgan fingerprint density at radius 1 is 1.05 bits per heavy atom. The third-order valence-electron chi connectivity index (χ3n) is 6.57. The van der Waals surface area contributed by atoms with Crippen molar-refractivity contribution in [3.63, 3.8) is 0 Å². The number of aryl methyl sites for hydroxylation is 1.